The fourth-order valence-corrected chi connectivity index (χ4v) is 5.15. The Morgan fingerprint density at radius 1 is 1.06 bits per heavy atom. The van der Waals surface area contributed by atoms with Crippen molar-refractivity contribution in [3.8, 4) is 5.69 Å². The highest BCUT2D eigenvalue weighted by atomic mass is 32.1. The van der Waals surface area contributed by atoms with Gasteiger partial charge < -0.3 is 19.9 Å². The van der Waals surface area contributed by atoms with E-state index in [0.29, 0.717) is 18.1 Å². The third-order valence-electron chi connectivity index (χ3n) is 6.21. The first-order valence-corrected chi connectivity index (χ1v) is 11.2. The maximum Gasteiger partial charge on any atom is 0.170 e. The number of pyridine rings is 1. The van der Waals surface area contributed by atoms with E-state index in [-0.39, 0.29) is 18.7 Å². The summed E-state index contributed by atoms with van der Waals surface area (Å²) in [6.45, 7) is 9.52. The lowest BCUT2D eigenvalue weighted by Crippen LogP contribution is -2.31. The molecule has 1 aliphatic heterocycles. The van der Waals surface area contributed by atoms with Gasteiger partial charge in [-0.25, -0.2) is 0 Å². The summed E-state index contributed by atoms with van der Waals surface area (Å²) in [6, 6.07) is 14.7. The van der Waals surface area contributed by atoms with E-state index in [2.05, 4.69) is 71.7 Å². The average molecular weight is 435 g/mol. The first kappa shape index (κ1) is 21.5. The summed E-state index contributed by atoms with van der Waals surface area (Å²) in [6.07, 6.45) is 2.50. The molecule has 162 valence electrons. The van der Waals surface area contributed by atoms with Crippen LogP contribution >= 0.6 is 12.2 Å². The molecule has 3 heterocycles. The zero-order valence-electron chi connectivity index (χ0n) is 18.6. The monoisotopic (exact) mass is 434 g/mol. The minimum atomic E-state index is -0.0423. The molecule has 1 aromatic carbocycles. The van der Waals surface area contributed by atoms with E-state index >= 15 is 0 Å². The number of aliphatic hydroxyl groups excluding tert-OH is 1. The van der Waals surface area contributed by atoms with Crippen LogP contribution in [0.1, 0.15) is 52.3 Å². The van der Waals surface area contributed by atoms with Crippen molar-refractivity contribution in [1.82, 2.24) is 19.8 Å². The number of rotatable bonds is 6. The quantitative estimate of drug-likeness (QED) is 0.561. The summed E-state index contributed by atoms with van der Waals surface area (Å²) in [5, 5.41) is 13.7. The van der Waals surface area contributed by atoms with Gasteiger partial charge in [-0.15, -0.1) is 0 Å². The van der Waals surface area contributed by atoms with Crippen molar-refractivity contribution in [2.75, 3.05) is 13.2 Å². The third-order valence-corrected chi connectivity index (χ3v) is 6.56. The van der Waals surface area contributed by atoms with Gasteiger partial charge >= 0.3 is 0 Å². The predicted molar refractivity (Wildman–Crippen MR) is 129 cm³/mol. The van der Waals surface area contributed by atoms with Gasteiger partial charge in [-0.3, -0.25) is 4.98 Å². The number of nitrogens with one attached hydrogen (secondary N) is 1. The van der Waals surface area contributed by atoms with Gasteiger partial charge in [0, 0.05) is 30.7 Å². The highest BCUT2D eigenvalue weighted by Crippen LogP contribution is 2.41. The second-order valence-corrected chi connectivity index (χ2v) is 8.69. The summed E-state index contributed by atoms with van der Waals surface area (Å²) >= 11 is 5.72. The van der Waals surface area contributed by atoms with Crippen molar-refractivity contribution in [2.45, 2.75) is 46.2 Å². The number of aryl methyl sites for hydroxylation is 3. The van der Waals surface area contributed by atoms with E-state index in [1.165, 1.54) is 33.8 Å². The normalized spacial score (nSPS) is 18.5. The largest absolute Gasteiger partial charge is 0.396 e. The molecule has 2 N–H and O–H groups in total. The highest BCUT2D eigenvalue weighted by Gasteiger charge is 2.41. The Labute approximate surface area is 189 Å². The molecule has 0 spiro atoms. The average Bonchev–Trinajstić information content (AvgIpc) is 3.23. The number of thiocarbonyl (C=S) groups is 1. The highest BCUT2D eigenvalue weighted by molar-refractivity contribution is 7.80. The summed E-state index contributed by atoms with van der Waals surface area (Å²) < 4.78 is 2.36. The number of nitrogens with zero attached hydrogens (tertiary/aromatic N) is 3. The molecule has 5 nitrogen and oxygen atoms in total. The molecule has 0 saturated carbocycles. The van der Waals surface area contributed by atoms with Crippen LogP contribution in [0.15, 0.2) is 48.7 Å². The van der Waals surface area contributed by atoms with Crippen LogP contribution in [-0.4, -0.2) is 37.8 Å². The fraction of sp³-hybridized carbons (Fsp3) is 0.360. The van der Waals surface area contributed by atoms with Gasteiger partial charge in [0.05, 0.1) is 23.5 Å². The topological polar surface area (TPSA) is 53.3 Å². The molecule has 6 heteroatoms. The molecular weight excluding hydrogens is 404 g/mol. The third kappa shape index (κ3) is 3.86. The summed E-state index contributed by atoms with van der Waals surface area (Å²) in [5.74, 6) is 0. The Morgan fingerprint density at radius 3 is 2.45 bits per heavy atom. The van der Waals surface area contributed by atoms with Crippen LogP contribution in [0.3, 0.4) is 0 Å². The van der Waals surface area contributed by atoms with Crippen LogP contribution < -0.4 is 5.32 Å². The molecule has 1 saturated heterocycles. The number of benzene rings is 1. The smallest absolute Gasteiger partial charge is 0.170 e. The number of para-hydroxylation sites is 1. The van der Waals surface area contributed by atoms with E-state index in [4.69, 9.17) is 12.2 Å². The Bertz CT molecular complexity index is 1070. The fourth-order valence-electron chi connectivity index (χ4n) is 4.82. The van der Waals surface area contributed by atoms with E-state index in [9.17, 15) is 5.11 Å². The summed E-state index contributed by atoms with van der Waals surface area (Å²) in [5.41, 5.74) is 8.37. The van der Waals surface area contributed by atoms with Gasteiger partial charge in [-0.2, -0.15) is 0 Å². The summed E-state index contributed by atoms with van der Waals surface area (Å²) in [7, 11) is 0. The molecule has 2 aromatic heterocycles. The molecule has 31 heavy (non-hydrogen) atoms. The molecule has 0 aliphatic carbocycles. The van der Waals surface area contributed by atoms with Crippen molar-refractivity contribution in [1.29, 1.82) is 0 Å². The van der Waals surface area contributed by atoms with Crippen LogP contribution in [-0.2, 0) is 0 Å². The molecule has 0 radical (unpaired) electrons. The van der Waals surface area contributed by atoms with E-state index in [1.807, 2.05) is 24.4 Å². The number of aliphatic hydroxyl groups is 1. The summed E-state index contributed by atoms with van der Waals surface area (Å²) in [4.78, 5) is 6.84. The zero-order chi connectivity index (χ0) is 22.1. The number of hydrogen-bond donors (Lipinski definition) is 2. The van der Waals surface area contributed by atoms with Crippen molar-refractivity contribution >= 4 is 17.3 Å². The van der Waals surface area contributed by atoms with Crippen LogP contribution in [0.5, 0.6) is 0 Å². The van der Waals surface area contributed by atoms with E-state index in [0.717, 1.165) is 5.69 Å². The molecule has 4 rings (SSSR count). The SMILES string of the molecule is Cc1cccc(C)c1-n1c(C)cc([C@H]2[C@@H](c3ccccn3)NC(=S)N2CCCO)c1C. The molecule has 1 aliphatic rings. The minimum absolute atomic E-state index is 0.0122. The Balaban J connectivity index is 1.86. The molecule has 0 unspecified atom stereocenters. The zero-order valence-corrected chi connectivity index (χ0v) is 19.4. The van der Waals surface area contributed by atoms with E-state index in [1.54, 1.807) is 0 Å². The lowest BCUT2D eigenvalue weighted by molar-refractivity contribution is 0.247. The molecule has 3 aromatic rings. The first-order valence-electron chi connectivity index (χ1n) is 10.8. The first-order chi connectivity index (χ1) is 14.9. The van der Waals surface area contributed by atoms with Gasteiger partial charge in [0.15, 0.2) is 5.11 Å². The maximum atomic E-state index is 9.46. The second kappa shape index (κ2) is 8.81. The molecule has 1 fully saturated rings. The van der Waals surface area contributed by atoms with Crippen molar-refractivity contribution in [2.24, 2.45) is 0 Å². The Morgan fingerprint density at radius 2 is 1.81 bits per heavy atom. The van der Waals surface area contributed by atoms with Crippen molar-refractivity contribution < 1.29 is 5.11 Å². The van der Waals surface area contributed by atoms with Gasteiger partial charge in [-0.1, -0.05) is 24.3 Å². The standard InChI is InChI=1S/C25H30N4OS/c1-16-9-7-10-17(2)23(16)29-18(3)15-20(19(29)4)24-22(21-11-5-6-12-26-21)27-25(31)28(24)13-8-14-30/h5-7,9-12,15,22,24,30H,8,13-14H2,1-4H3,(H,27,31)/t22-,24+/m1/s1. The van der Waals surface area contributed by atoms with Gasteiger partial charge in [0.1, 0.15) is 0 Å². The lowest BCUT2D eigenvalue weighted by Gasteiger charge is -2.28. The van der Waals surface area contributed by atoms with Crippen LogP contribution in [0.4, 0.5) is 0 Å². The van der Waals surface area contributed by atoms with Crippen molar-refractivity contribution in [3.63, 3.8) is 0 Å². The molecular formula is C25H30N4OS. The minimum Gasteiger partial charge on any atom is -0.396 e. The Kier molecular flexibility index (Phi) is 6.12. The van der Waals surface area contributed by atoms with Crippen molar-refractivity contribution in [3.05, 3.63) is 82.4 Å². The second-order valence-electron chi connectivity index (χ2n) is 8.30. The van der Waals surface area contributed by atoms with Crippen LogP contribution in [0.25, 0.3) is 5.69 Å². The number of aromatic nitrogens is 2. The Hall–Kier alpha value is -2.70. The molecule has 2 atom stereocenters. The predicted octanol–water partition coefficient (Wildman–Crippen LogP) is 4.46. The number of hydrogen-bond acceptors (Lipinski definition) is 3. The lowest BCUT2D eigenvalue weighted by atomic mass is 9.96. The van der Waals surface area contributed by atoms with Crippen LogP contribution in [0, 0.1) is 27.7 Å². The maximum absolute atomic E-state index is 9.46. The van der Waals surface area contributed by atoms with Gasteiger partial charge in [-0.05, 0) is 81.2 Å². The van der Waals surface area contributed by atoms with Crippen LogP contribution in [0.2, 0.25) is 0 Å². The van der Waals surface area contributed by atoms with E-state index < -0.39 is 0 Å². The molecule has 0 amide bonds. The molecule has 0 bridgehead atoms. The van der Waals surface area contributed by atoms with Gasteiger partial charge in [0.25, 0.3) is 0 Å². The van der Waals surface area contributed by atoms with Gasteiger partial charge in [0.2, 0.25) is 0 Å².